The van der Waals surface area contributed by atoms with E-state index in [1.807, 2.05) is 42.5 Å². The largest absolute Gasteiger partial charge is 0.427 e. The molecule has 2 heteroatoms. The van der Waals surface area contributed by atoms with Crippen LogP contribution in [-0.2, 0) is 12.8 Å². The van der Waals surface area contributed by atoms with Crippen LogP contribution >= 0.6 is 0 Å². The van der Waals surface area contributed by atoms with E-state index in [-0.39, 0.29) is 5.63 Å². The normalized spacial score (nSPS) is 10.7. The molecule has 0 bridgehead atoms. The Kier molecular flexibility index (Phi) is 3.15. The topological polar surface area (TPSA) is 30.2 Å². The van der Waals surface area contributed by atoms with E-state index in [4.69, 9.17) is 4.42 Å². The van der Waals surface area contributed by atoms with Gasteiger partial charge in [0.1, 0.15) is 5.76 Å². The first-order chi connectivity index (χ1) is 9.33. The Morgan fingerprint density at radius 1 is 0.842 bits per heavy atom. The van der Waals surface area contributed by atoms with Crippen LogP contribution in [0.25, 0.3) is 10.8 Å². The molecule has 3 rings (SSSR count). The minimum absolute atomic E-state index is 0.249. The summed E-state index contributed by atoms with van der Waals surface area (Å²) in [6.45, 7) is 0. The standard InChI is InChI=1S/C17H14O2/c18-17-16-9-5-4-8-14(16)12-15(19-17)11-10-13-6-2-1-3-7-13/h1-9,12H,10-11H2. The van der Waals surface area contributed by atoms with Crippen molar-refractivity contribution in [1.82, 2.24) is 0 Å². The number of hydrogen-bond donors (Lipinski definition) is 0. The van der Waals surface area contributed by atoms with E-state index in [0.717, 1.165) is 24.0 Å². The van der Waals surface area contributed by atoms with Crippen molar-refractivity contribution in [2.24, 2.45) is 0 Å². The van der Waals surface area contributed by atoms with Crippen LogP contribution in [0.5, 0.6) is 0 Å². The molecule has 0 amide bonds. The summed E-state index contributed by atoms with van der Waals surface area (Å²) in [4.78, 5) is 11.8. The van der Waals surface area contributed by atoms with E-state index in [1.165, 1.54) is 5.56 Å². The molecule has 3 aromatic rings. The fraction of sp³-hybridized carbons (Fsp3) is 0.118. The van der Waals surface area contributed by atoms with Crippen LogP contribution in [0, 0.1) is 0 Å². The van der Waals surface area contributed by atoms with Gasteiger partial charge in [0.25, 0.3) is 0 Å². The van der Waals surface area contributed by atoms with E-state index >= 15 is 0 Å². The van der Waals surface area contributed by atoms with Gasteiger partial charge in [-0.25, -0.2) is 4.79 Å². The molecule has 94 valence electrons. The molecule has 0 radical (unpaired) electrons. The lowest BCUT2D eigenvalue weighted by Crippen LogP contribution is -2.03. The SMILES string of the molecule is O=c1oc(CCc2ccccc2)cc2ccccc12. The Bertz CT molecular complexity index is 742. The molecule has 0 spiro atoms. The first kappa shape index (κ1) is 11.7. The molecule has 0 unspecified atom stereocenters. The second-order valence-electron chi connectivity index (χ2n) is 4.57. The predicted octanol–water partition coefficient (Wildman–Crippen LogP) is 3.58. The van der Waals surface area contributed by atoms with Crippen LogP contribution in [0.4, 0.5) is 0 Å². The summed E-state index contributed by atoms with van der Waals surface area (Å²) in [6.07, 6.45) is 1.62. The lowest BCUT2D eigenvalue weighted by atomic mass is 10.1. The molecular weight excluding hydrogens is 236 g/mol. The zero-order valence-electron chi connectivity index (χ0n) is 10.5. The van der Waals surface area contributed by atoms with Crippen LogP contribution in [0.3, 0.4) is 0 Å². The van der Waals surface area contributed by atoms with Gasteiger partial charge in [-0.3, -0.25) is 0 Å². The maximum atomic E-state index is 11.8. The van der Waals surface area contributed by atoms with Crippen LogP contribution in [-0.4, -0.2) is 0 Å². The molecule has 0 atom stereocenters. The maximum absolute atomic E-state index is 11.8. The summed E-state index contributed by atoms with van der Waals surface area (Å²) in [5.41, 5.74) is 1.000. The molecule has 0 aliphatic heterocycles. The Balaban J connectivity index is 1.88. The molecule has 1 heterocycles. The van der Waals surface area contributed by atoms with E-state index in [2.05, 4.69) is 12.1 Å². The van der Waals surface area contributed by atoms with Gasteiger partial charge in [-0.2, -0.15) is 0 Å². The molecule has 0 aliphatic rings. The zero-order valence-corrected chi connectivity index (χ0v) is 10.5. The monoisotopic (exact) mass is 250 g/mol. The van der Waals surface area contributed by atoms with Crippen molar-refractivity contribution < 1.29 is 4.42 Å². The third-order valence-corrected chi connectivity index (χ3v) is 3.22. The minimum Gasteiger partial charge on any atom is -0.427 e. The van der Waals surface area contributed by atoms with Crippen LogP contribution in [0.2, 0.25) is 0 Å². The highest BCUT2D eigenvalue weighted by atomic mass is 16.4. The molecule has 19 heavy (non-hydrogen) atoms. The summed E-state index contributed by atoms with van der Waals surface area (Å²) in [7, 11) is 0. The maximum Gasteiger partial charge on any atom is 0.343 e. The number of aryl methyl sites for hydroxylation is 2. The summed E-state index contributed by atoms with van der Waals surface area (Å²) in [6, 6.07) is 19.7. The second kappa shape index (κ2) is 5.11. The average molecular weight is 250 g/mol. The van der Waals surface area contributed by atoms with E-state index in [9.17, 15) is 4.79 Å². The van der Waals surface area contributed by atoms with Gasteiger partial charge in [0.15, 0.2) is 0 Å². The number of benzene rings is 2. The third kappa shape index (κ3) is 2.58. The molecule has 0 aliphatic carbocycles. The van der Waals surface area contributed by atoms with Gasteiger partial charge in [0, 0.05) is 6.42 Å². The predicted molar refractivity (Wildman–Crippen MR) is 76.3 cm³/mol. The first-order valence-electron chi connectivity index (χ1n) is 6.38. The average Bonchev–Trinajstić information content (AvgIpc) is 2.46. The summed E-state index contributed by atoms with van der Waals surface area (Å²) in [5, 5.41) is 1.59. The van der Waals surface area contributed by atoms with Crippen molar-refractivity contribution in [3.05, 3.63) is 82.4 Å². The first-order valence-corrected chi connectivity index (χ1v) is 6.38. The lowest BCUT2D eigenvalue weighted by Gasteiger charge is -2.02. The zero-order chi connectivity index (χ0) is 13.1. The van der Waals surface area contributed by atoms with Crippen molar-refractivity contribution in [2.45, 2.75) is 12.8 Å². The smallest absolute Gasteiger partial charge is 0.343 e. The van der Waals surface area contributed by atoms with Crippen LogP contribution in [0.1, 0.15) is 11.3 Å². The highest BCUT2D eigenvalue weighted by Crippen LogP contribution is 2.13. The summed E-state index contributed by atoms with van der Waals surface area (Å²) in [5.74, 6) is 0.743. The molecule has 0 saturated heterocycles. The van der Waals surface area contributed by atoms with Crippen LogP contribution < -0.4 is 5.63 Å². The molecule has 2 aromatic carbocycles. The fourth-order valence-electron chi connectivity index (χ4n) is 2.22. The highest BCUT2D eigenvalue weighted by Gasteiger charge is 2.04. The van der Waals surface area contributed by atoms with Gasteiger partial charge in [-0.05, 0) is 29.5 Å². The van der Waals surface area contributed by atoms with Gasteiger partial charge in [0.2, 0.25) is 0 Å². The Morgan fingerprint density at radius 2 is 1.58 bits per heavy atom. The van der Waals surface area contributed by atoms with E-state index in [1.54, 1.807) is 6.07 Å². The number of fused-ring (bicyclic) bond motifs is 1. The Morgan fingerprint density at radius 3 is 2.42 bits per heavy atom. The van der Waals surface area contributed by atoms with Crippen LogP contribution in [0.15, 0.2) is 69.9 Å². The molecule has 2 nitrogen and oxygen atoms in total. The van der Waals surface area contributed by atoms with Crippen molar-refractivity contribution in [3.63, 3.8) is 0 Å². The minimum atomic E-state index is -0.249. The Hall–Kier alpha value is -2.35. The number of rotatable bonds is 3. The quantitative estimate of drug-likeness (QED) is 0.711. The Labute approximate surface area is 111 Å². The van der Waals surface area contributed by atoms with Crippen molar-refractivity contribution >= 4 is 10.8 Å². The van der Waals surface area contributed by atoms with Crippen molar-refractivity contribution in [2.75, 3.05) is 0 Å². The van der Waals surface area contributed by atoms with Gasteiger partial charge in [-0.1, -0.05) is 48.5 Å². The molecule has 0 saturated carbocycles. The molecule has 0 N–H and O–H groups in total. The molecule has 1 aromatic heterocycles. The second-order valence-corrected chi connectivity index (χ2v) is 4.57. The van der Waals surface area contributed by atoms with E-state index in [0.29, 0.717) is 5.39 Å². The van der Waals surface area contributed by atoms with Gasteiger partial charge in [-0.15, -0.1) is 0 Å². The van der Waals surface area contributed by atoms with Gasteiger partial charge in [0.05, 0.1) is 5.39 Å². The van der Waals surface area contributed by atoms with Crippen molar-refractivity contribution in [1.29, 1.82) is 0 Å². The van der Waals surface area contributed by atoms with Gasteiger partial charge < -0.3 is 4.42 Å². The van der Waals surface area contributed by atoms with E-state index < -0.39 is 0 Å². The molecular formula is C17H14O2. The summed E-state index contributed by atoms with van der Waals surface area (Å²) >= 11 is 0. The highest BCUT2D eigenvalue weighted by molar-refractivity contribution is 5.81. The third-order valence-electron chi connectivity index (χ3n) is 3.22. The lowest BCUT2D eigenvalue weighted by molar-refractivity contribution is 0.466. The summed E-state index contributed by atoms with van der Waals surface area (Å²) < 4.78 is 5.36. The fourth-order valence-corrected chi connectivity index (χ4v) is 2.22. The van der Waals surface area contributed by atoms with Gasteiger partial charge >= 0.3 is 5.63 Å². The molecule has 0 fully saturated rings. The number of hydrogen-bond acceptors (Lipinski definition) is 2. The van der Waals surface area contributed by atoms with Crippen molar-refractivity contribution in [3.8, 4) is 0 Å².